The number of rotatable bonds is 4. The van der Waals surface area contributed by atoms with E-state index in [1.165, 1.54) is 39.5 Å². The minimum absolute atomic E-state index is 0.182. The van der Waals surface area contributed by atoms with Gasteiger partial charge in [-0.15, -0.1) is 0 Å². The molecule has 0 fully saturated rings. The number of para-hydroxylation sites is 1. The summed E-state index contributed by atoms with van der Waals surface area (Å²) in [6.45, 7) is 0. The summed E-state index contributed by atoms with van der Waals surface area (Å²) in [6.07, 6.45) is 0. The van der Waals surface area contributed by atoms with Crippen LogP contribution < -0.4 is 19.6 Å². The molecule has 1 heterocycles. The summed E-state index contributed by atoms with van der Waals surface area (Å²) < 4.78 is 35.9. The van der Waals surface area contributed by atoms with E-state index in [9.17, 15) is 9.18 Å². The highest BCUT2D eigenvalue weighted by atomic mass is 19.1. The van der Waals surface area contributed by atoms with Crippen LogP contribution in [0, 0.1) is 5.82 Å². The number of fused-ring (bicyclic) bond motifs is 1. The monoisotopic (exact) mass is 330 g/mol. The average molecular weight is 330 g/mol. The van der Waals surface area contributed by atoms with Gasteiger partial charge in [-0.3, -0.25) is 4.79 Å². The predicted molar refractivity (Wildman–Crippen MR) is 87.5 cm³/mol. The molecule has 124 valence electrons. The molecule has 3 aromatic rings. The highest BCUT2D eigenvalue weighted by molar-refractivity contribution is 5.79. The molecule has 0 spiro atoms. The third-order valence-corrected chi connectivity index (χ3v) is 3.67. The Bertz CT molecular complexity index is 936. The fourth-order valence-electron chi connectivity index (χ4n) is 2.52. The quantitative estimate of drug-likeness (QED) is 0.731. The van der Waals surface area contributed by atoms with Crippen LogP contribution in [0.4, 0.5) is 4.39 Å². The van der Waals surface area contributed by atoms with Gasteiger partial charge in [0.15, 0.2) is 17.3 Å². The Morgan fingerprint density at radius 3 is 2.17 bits per heavy atom. The molecule has 6 heteroatoms. The summed E-state index contributed by atoms with van der Waals surface area (Å²) >= 11 is 0. The van der Waals surface area contributed by atoms with Crippen LogP contribution in [0.5, 0.6) is 17.2 Å². The molecule has 2 aromatic carbocycles. The van der Waals surface area contributed by atoms with E-state index in [1.54, 1.807) is 18.2 Å². The lowest BCUT2D eigenvalue weighted by Crippen LogP contribution is -2.08. The van der Waals surface area contributed by atoms with Crippen molar-refractivity contribution >= 4 is 11.0 Å². The zero-order valence-electron chi connectivity index (χ0n) is 13.4. The van der Waals surface area contributed by atoms with Crippen molar-refractivity contribution in [2.45, 2.75) is 0 Å². The summed E-state index contributed by atoms with van der Waals surface area (Å²) in [5, 5.41) is 0.186. The standard InChI is InChI=1S/C18H15FO5/c1-21-13-8-10(9-14(22-2)18(13)23-3)17-15(19)16(20)11-6-4-5-7-12(11)24-17/h4-9H,1-3H3. The van der Waals surface area contributed by atoms with Crippen LogP contribution in [0.15, 0.2) is 45.6 Å². The van der Waals surface area contributed by atoms with Crippen molar-refractivity contribution in [2.24, 2.45) is 0 Å². The van der Waals surface area contributed by atoms with Gasteiger partial charge in [0.2, 0.25) is 17.0 Å². The molecule has 0 amide bonds. The van der Waals surface area contributed by atoms with Crippen molar-refractivity contribution in [2.75, 3.05) is 21.3 Å². The molecule has 0 aliphatic heterocycles. The lowest BCUT2D eigenvalue weighted by atomic mass is 10.1. The van der Waals surface area contributed by atoms with Crippen molar-refractivity contribution in [3.05, 3.63) is 52.4 Å². The van der Waals surface area contributed by atoms with Gasteiger partial charge >= 0.3 is 0 Å². The van der Waals surface area contributed by atoms with Gasteiger partial charge in [0.05, 0.1) is 26.7 Å². The first-order valence-corrected chi connectivity index (χ1v) is 7.12. The molecule has 0 saturated heterocycles. The van der Waals surface area contributed by atoms with Gasteiger partial charge in [-0.25, -0.2) is 0 Å². The maximum absolute atomic E-state index is 14.6. The van der Waals surface area contributed by atoms with Crippen molar-refractivity contribution < 1.29 is 23.0 Å². The van der Waals surface area contributed by atoms with Crippen LogP contribution in [-0.2, 0) is 0 Å². The molecule has 3 rings (SSSR count). The van der Waals surface area contributed by atoms with Gasteiger partial charge in [0.1, 0.15) is 5.58 Å². The number of benzene rings is 2. The van der Waals surface area contributed by atoms with Crippen LogP contribution >= 0.6 is 0 Å². The largest absolute Gasteiger partial charge is 0.493 e. The Balaban J connectivity index is 2.31. The summed E-state index contributed by atoms with van der Waals surface area (Å²) in [5.41, 5.74) is -0.113. The second-order valence-electron chi connectivity index (χ2n) is 4.98. The summed E-state index contributed by atoms with van der Waals surface area (Å²) in [4.78, 5) is 12.2. The second-order valence-corrected chi connectivity index (χ2v) is 4.98. The minimum Gasteiger partial charge on any atom is -0.493 e. The molecule has 1 aromatic heterocycles. The van der Waals surface area contributed by atoms with Crippen molar-refractivity contribution in [1.29, 1.82) is 0 Å². The molecule has 5 nitrogen and oxygen atoms in total. The van der Waals surface area contributed by atoms with Crippen LogP contribution in [0.3, 0.4) is 0 Å². The molecular formula is C18H15FO5. The van der Waals surface area contributed by atoms with E-state index in [4.69, 9.17) is 18.6 Å². The van der Waals surface area contributed by atoms with Crippen molar-refractivity contribution in [3.63, 3.8) is 0 Å². The molecule has 0 unspecified atom stereocenters. The lowest BCUT2D eigenvalue weighted by molar-refractivity contribution is 0.324. The Morgan fingerprint density at radius 1 is 0.958 bits per heavy atom. The minimum atomic E-state index is -0.969. The molecule has 24 heavy (non-hydrogen) atoms. The SMILES string of the molecule is COc1cc(-c2oc3ccccc3c(=O)c2F)cc(OC)c1OC. The van der Waals surface area contributed by atoms with E-state index in [2.05, 4.69) is 0 Å². The first-order valence-electron chi connectivity index (χ1n) is 7.12. The summed E-state index contributed by atoms with van der Waals surface area (Å²) in [6, 6.07) is 9.54. The maximum atomic E-state index is 14.6. The molecule has 0 saturated carbocycles. The molecule has 0 atom stereocenters. The van der Waals surface area contributed by atoms with Gasteiger partial charge in [0, 0.05) is 5.56 Å². The van der Waals surface area contributed by atoms with Gasteiger partial charge in [-0.1, -0.05) is 12.1 Å². The predicted octanol–water partition coefficient (Wildman–Crippen LogP) is 3.62. The number of hydrogen-bond donors (Lipinski definition) is 0. The number of ether oxygens (including phenoxy) is 3. The molecule has 0 aliphatic carbocycles. The van der Waals surface area contributed by atoms with Crippen LogP contribution in [0.1, 0.15) is 0 Å². The molecular weight excluding hydrogens is 315 g/mol. The van der Waals surface area contributed by atoms with E-state index in [1.807, 2.05) is 0 Å². The Hall–Kier alpha value is -3.02. The molecule has 0 bridgehead atoms. The zero-order chi connectivity index (χ0) is 17.3. The third-order valence-electron chi connectivity index (χ3n) is 3.67. The van der Waals surface area contributed by atoms with Crippen LogP contribution in [0.25, 0.3) is 22.3 Å². The van der Waals surface area contributed by atoms with E-state index >= 15 is 0 Å². The first-order chi connectivity index (χ1) is 11.6. The molecule has 0 radical (unpaired) electrons. The lowest BCUT2D eigenvalue weighted by Gasteiger charge is -2.14. The third kappa shape index (κ3) is 2.46. The van der Waals surface area contributed by atoms with Gasteiger partial charge in [-0.05, 0) is 24.3 Å². The number of hydrogen-bond acceptors (Lipinski definition) is 5. The fraction of sp³-hybridized carbons (Fsp3) is 0.167. The molecule has 0 aliphatic rings. The van der Waals surface area contributed by atoms with E-state index < -0.39 is 11.2 Å². The maximum Gasteiger partial charge on any atom is 0.229 e. The highest BCUT2D eigenvalue weighted by Crippen LogP contribution is 2.41. The fourth-order valence-corrected chi connectivity index (χ4v) is 2.52. The highest BCUT2D eigenvalue weighted by Gasteiger charge is 2.20. The van der Waals surface area contributed by atoms with Gasteiger partial charge in [-0.2, -0.15) is 4.39 Å². The van der Waals surface area contributed by atoms with Gasteiger partial charge in [0.25, 0.3) is 0 Å². The second kappa shape index (κ2) is 6.23. The van der Waals surface area contributed by atoms with Crippen molar-refractivity contribution in [3.8, 4) is 28.6 Å². The van der Waals surface area contributed by atoms with E-state index in [-0.39, 0.29) is 11.1 Å². The van der Waals surface area contributed by atoms with E-state index in [0.29, 0.717) is 28.4 Å². The normalized spacial score (nSPS) is 10.7. The Labute approximate surface area is 137 Å². The Morgan fingerprint density at radius 2 is 1.58 bits per heavy atom. The Kier molecular flexibility index (Phi) is 4.12. The van der Waals surface area contributed by atoms with Crippen LogP contribution in [-0.4, -0.2) is 21.3 Å². The summed E-state index contributed by atoms with van der Waals surface area (Å²) in [7, 11) is 4.37. The zero-order valence-corrected chi connectivity index (χ0v) is 13.4. The first kappa shape index (κ1) is 15.9. The smallest absolute Gasteiger partial charge is 0.229 e. The molecule has 0 N–H and O–H groups in total. The number of halogens is 1. The number of methoxy groups -OCH3 is 3. The van der Waals surface area contributed by atoms with Crippen LogP contribution in [0.2, 0.25) is 0 Å². The average Bonchev–Trinajstić information content (AvgIpc) is 2.63. The van der Waals surface area contributed by atoms with E-state index in [0.717, 1.165) is 0 Å². The topological polar surface area (TPSA) is 57.9 Å². The van der Waals surface area contributed by atoms with Crippen molar-refractivity contribution in [1.82, 2.24) is 0 Å². The van der Waals surface area contributed by atoms with Gasteiger partial charge < -0.3 is 18.6 Å². The summed E-state index contributed by atoms with van der Waals surface area (Å²) in [5.74, 6) is -0.114.